The topological polar surface area (TPSA) is 85.6 Å². The van der Waals surface area contributed by atoms with Crippen LogP contribution in [0.25, 0.3) is 21.6 Å². The molecule has 0 unspecified atom stereocenters. The van der Waals surface area contributed by atoms with Crippen molar-refractivity contribution in [1.29, 1.82) is 0 Å². The van der Waals surface area contributed by atoms with Gasteiger partial charge in [-0.2, -0.15) is 0 Å². The van der Waals surface area contributed by atoms with Gasteiger partial charge in [0.1, 0.15) is 0 Å². The SMILES string of the molecule is CC(C)Cn1c(S[C@H](C)C(=O)Nc2nc3ccccc3s2)nnc1-c1ccncc1. The highest BCUT2D eigenvalue weighted by Crippen LogP contribution is 2.29. The molecule has 9 heteroatoms. The van der Waals surface area contributed by atoms with Gasteiger partial charge in [-0.15, -0.1) is 10.2 Å². The summed E-state index contributed by atoms with van der Waals surface area (Å²) in [6, 6.07) is 11.7. The average molecular weight is 439 g/mol. The molecule has 0 radical (unpaired) electrons. The lowest BCUT2D eigenvalue weighted by Gasteiger charge is -2.14. The number of thiazole rings is 1. The molecule has 3 heterocycles. The first kappa shape index (κ1) is 20.5. The number of nitrogens with zero attached hydrogens (tertiary/aromatic N) is 5. The molecule has 1 N–H and O–H groups in total. The molecule has 1 atom stereocenters. The summed E-state index contributed by atoms with van der Waals surface area (Å²) in [5.41, 5.74) is 1.84. The van der Waals surface area contributed by atoms with E-state index in [1.807, 2.05) is 43.3 Å². The van der Waals surface area contributed by atoms with E-state index in [-0.39, 0.29) is 11.2 Å². The maximum absolute atomic E-state index is 12.8. The molecule has 0 saturated heterocycles. The third kappa shape index (κ3) is 4.52. The predicted octanol–water partition coefficient (Wildman–Crippen LogP) is 4.73. The molecule has 154 valence electrons. The molecule has 0 spiro atoms. The lowest BCUT2D eigenvalue weighted by Crippen LogP contribution is -2.23. The Balaban J connectivity index is 1.52. The summed E-state index contributed by atoms with van der Waals surface area (Å²) in [6.45, 7) is 6.93. The molecule has 4 rings (SSSR count). The number of hydrogen-bond acceptors (Lipinski definition) is 7. The number of aromatic nitrogens is 5. The van der Waals surface area contributed by atoms with Crippen molar-refractivity contribution in [3.63, 3.8) is 0 Å². The van der Waals surface area contributed by atoms with Crippen molar-refractivity contribution in [3.05, 3.63) is 48.8 Å². The highest BCUT2D eigenvalue weighted by atomic mass is 32.2. The molecule has 1 amide bonds. The first-order valence-corrected chi connectivity index (χ1v) is 11.4. The Kier molecular flexibility index (Phi) is 6.10. The number of rotatable bonds is 7. The lowest BCUT2D eigenvalue weighted by molar-refractivity contribution is -0.115. The van der Waals surface area contributed by atoms with E-state index < -0.39 is 0 Å². The van der Waals surface area contributed by atoms with Crippen molar-refractivity contribution in [3.8, 4) is 11.4 Å². The van der Waals surface area contributed by atoms with E-state index in [4.69, 9.17) is 0 Å². The summed E-state index contributed by atoms with van der Waals surface area (Å²) < 4.78 is 3.12. The molecule has 0 bridgehead atoms. The monoisotopic (exact) mass is 438 g/mol. The maximum atomic E-state index is 12.8. The smallest absolute Gasteiger partial charge is 0.239 e. The van der Waals surface area contributed by atoms with E-state index in [0.29, 0.717) is 11.0 Å². The van der Waals surface area contributed by atoms with Gasteiger partial charge in [0.05, 0.1) is 15.5 Å². The van der Waals surface area contributed by atoms with E-state index in [9.17, 15) is 4.79 Å². The van der Waals surface area contributed by atoms with Gasteiger partial charge < -0.3 is 9.88 Å². The minimum Gasteiger partial charge on any atom is -0.302 e. The van der Waals surface area contributed by atoms with E-state index in [2.05, 4.69) is 43.9 Å². The third-order valence-electron chi connectivity index (χ3n) is 4.38. The zero-order chi connectivity index (χ0) is 21.1. The van der Waals surface area contributed by atoms with Gasteiger partial charge in [-0.1, -0.05) is 49.1 Å². The fourth-order valence-corrected chi connectivity index (χ4v) is 4.69. The molecule has 0 aliphatic carbocycles. The molecular formula is C21H22N6OS2. The zero-order valence-corrected chi connectivity index (χ0v) is 18.6. The summed E-state index contributed by atoms with van der Waals surface area (Å²) in [6.07, 6.45) is 3.48. The van der Waals surface area contributed by atoms with E-state index in [0.717, 1.165) is 33.3 Å². The van der Waals surface area contributed by atoms with E-state index in [1.54, 1.807) is 12.4 Å². The van der Waals surface area contributed by atoms with Gasteiger partial charge in [0.25, 0.3) is 0 Å². The second kappa shape index (κ2) is 8.93. The summed E-state index contributed by atoms with van der Waals surface area (Å²) in [7, 11) is 0. The van der Waals surface area contributed by atoms with Crippen LogP contribution in [0.1, 0.15) is 20.8 Å². The minimum absolute atomic E-state index is 0.108. The number of amides is 1. The van der Waals surface area contributed by atoms with Crippen molar-refractivity contribution in [2.45, 2.75) is 37.7 Å². The number of pyridine rings is 1. The van der Waals surface area contributed by atoms with Gasteiger partial charge in [-0.3, -0.25) is 9.78 Å². The molecule has 0 saturated carbocycles. The van der Waals surface area contributed by atoms with Crippen molar-refractivity contribution in [2.75, 3.05) is 5.32 Å². The first-order chi connectivity index (χ1) is 14.5. The second-order valence-corrected chi connectivity index (χ2v) is 9.62. The summed E-state index contributed by atoms with van der Waals surface area (Å²) in [5.74, 6) is 1.09. The Labute approximate surface area is 183 Å². The van der Waals surface area contributed by atoms with Crippen LogP contribution in [0, 0.1) is 5.92 Å². The molecule has 7 nitrogen and oxygen atoms in total. The molecular weight excluding hydrogens is 416 g/mol. The standard InChI is InChI=1S/C21H22N6OS2/c1-13(2)12-27-18(15-8-10-22-11-9-15)25-26-21(27)29-14(3)19(28)24-20-23-16-6-4-5-7-17(16)30-20/h4-11,13-14H,12H2,1-3H3,(H,23,24,28)/t14-/m1/s1. The van der Waals surface area contributed by atoms with Crippen LogP contribution in [-0.2, 0) is 11.3 Å². The molecule has 1 aromatic carbocycles. The number of benzene rings is 1. The number of para-hydroxylation sites is 1. The van der Waals surface area contributed by atoms with Crippen molar-refractivity contribution in [1.82, 2.24) is 24.7 Å². The summed E-state index contributed by atoms with van der Waals surface area (Å²) >= 11 is 2.87. The van der Waals surface area contributed by atoms with Gasteiger partial charge in [-0.05, 0) is 37.1 Å². The summed E-state index contributed by atoms with van der Waals surface area (Å²) in [4.78, 5) is 21.3. The van der Waals surface area contributed by atoms with Crippen LogP contribution in [0.4, 0.5) is 5.13 Å². The Morgan fingerprint density at radius 2 is 1.90 bits per heavy atom. The number of anilines is 1. The molecule has 0 aliphatic rings. The van der Waals surface area contributed by atoms with Crippen LogP contribution in [-0.4, -0.2) is 35.9 Å². The van der Waals surface area contributed by atoms with Crippen molar-refractivity contribution >= 4 is 44.4 Å². The minimum atomic E-state index is -0.350. The van der Waals surface area contributed by atoms with Crippen LogP contribution in [0.3, 0.4) is 0 Å². The number of carbonyl (C=O) groups is 1. The van der Waals surface area contributed by atoms with Crippen LogP contribution in [0.15, 0.2) is 53.9 Å². The fraction of sp³-hybridized carbons (Fsp3) is 0.286. The highest BCUT2D eigenvalue weighted by molar-refractivity contribution is 8.00. The number of carbonyl (C=O) groups excluding carboxylic acids is 1. The number of thioether (sulfide) groups is 1. The summed E-state index contributed by atoms with van der Waals surface area (Å²) in [5, 5.41) is 12.7. The highest BCUT2D eigenvalue weighted by Gasteiger charge is 2.22. The maximum Gasteiger partial charge on any atom is 0.239 e. The Hall–Kier alpha value is -2.78. The average Bonchev–Trinajstić information content (AvgIpc) is 3.31. The van der Waals surface area contributed by atoms with Gasteiger partial charge in [0.2, 0.25) is 5.91 Å². The van der Waals surface area contributed by atoms with Gasteiger partial charge in [0, 0.05) is 24.5 Å². The zero-order valence-electron chi connectivity index (χ0n) is 16.9. The van der Waals surface area contributed by atoms with Crippen LogP contribution < -0.4 is 5.32 Å². The number of nitrogens with one attached hydrogen (secondary N) is 1. The molecule has 30 heavy (non-hydrogen) atoms. The third-order valence-corrected chi connectivity index (χ3v) is 6.41. The van der Waals surface area contributed by atoms with Gasteiger partial charge >= 0.3 is 0 Å². The van der Waals surface area contributed by atoms with Crippen molar-refractivity contribution < 1.29 is 4.79 Å². The molecule has 3 aromatic heterocycles. The Morgan fingerprint density at radius 3 is 2.63 bits per heavy atom. The normalized spacial score (nSPS) is 12.4. The Morgan fingerprint density at radius 1 is 1.13 bits per heavy atom. The van der Waals surface area contributed by atoms with Crippen LogP contribution in [0.2, 0.25) is 0 Å². The van der Waals surface area contributed by atoms with Crippen LogP contribution in [0.5, 0.6) is 0 Å². The number of hydrogen-bond donors (Lipinski definition) is 1. The van der Waals surface area contributed by atoms with Crippen molar-refractivity contribution in [2.24, 2.45) is 5.92 Å². The fourth-order valence-electron chi connectivity index (χ4n) is 2.96. The first-order valence-electron chi connectivity index (χ1n) is 9.68. The van der Waals surface area contributed by atoms with Crippen LogP contribution >= 0.6 is 23.1 Å². The Bertz CT molecular complexity index is 1120. The van der Waals surface area contributed by atoms with E-state index in [1.165, 1.54) is 23.1 Å². The van der Waals surface area contributed by atoms with E-state index >= 15 is 0 Å². The molecule has 0 fully saturated rings. The quantitative estimate of drug-likeness (QED) is 0.420. The molecule has 0 aliphatic heterocycles. The van der Waals surface area contributed by atoms with Gasteiger partial charge in [-0.25, -0.2) is 4.98 Å². The van der Waals surface area contributed by atoms with Gasteiger partial charge in [0.15, 0.2) is 16.1 Å². The number of fused-ring (bicyclic) bond motifs is 1. The molecule has 4 aromatic rings. The largest absolute Gasteiger partial charge is 0.302 e. The second-order valence-electron chi connectivity index (χ2n) is 7.28. The predicted molar refractivity (Wildman–Crippen MR) is 122 cm³/mol. The lowest BCUT2D eigenvalue weighted by atomic mass is 10.2.